The first kappa shape index (κ1) is 31.9. The third-order valence-electron chi connectivity index (χ3n) is 11.1. The van der Waals surface area contributed by atoms with Gasteiger partial charge >= 0.3 is 0 Å². The first-order chi connectivity index (χ1) is 21.9. The van der Waals surface area contributed by atoms with Crippen molar-refractivity contribution in [3.8, 4) is 0 Å². The summed E-state index contributed by atoms with van der Waals surface area (Å²) in [6.45, 7) is 13.5. The summed E-state index contributed by atoms with van der Waals surface area (Å²) in [5.74, 6) is 1.80. The Balaban J connectivity index is 1.19. The number of amides is 1. The monoisotopic (exact) mass is 626 g/mol. The third kappa shape index (κ3) is 5.87. The number of aromatic nitrogens is 2. The molecule has 3 fully saturated rings. The number of para-hydroxylation sites is 2. The Hall–Kier alpha value is -3.03. The highest BCUT2D eigenvalue weighted by Gasteiger charge is 2.63. The van der Waals surface area contributed by atoms with Crippen LogP contribution in [-0.4, -0.2) is 69.3 Å². The number of imidazole rings is 1. The number of nitrogens with zero attached hydrogens (tertiary/aromatic N) is 4. The highest BCUT2D eigenvalue weighted by molar-refractivity contribution is 8.03. The van der Waals surface area contributed by atoms with Gasteiger partial charge in [-0.3, -0.25) is 9.69 Å². The quantitative estimate of drug-likeness (QED) is 0.0882. The molecule has 2 aliphatic heterocycles. The van der Waals surface area contributed by atoms with Crippen LogP contribution in [0.5, 0.6) is 0 Å². The fourth-order valence-corrected chi connectivity index (χ4v) is 9.47. The Morgan fingerprint density at radius 1 is 1.07 bits per heavy atom. The van der Waals surface area contributed by atoms with Crippen molar-refractivity contribution < 1.29 is 9.53 Å². The maximum atomic E-state index is 13.7. The lowest BCUT2D eigenvalue weighted by molar-refractivity contribution is -0.128. The summed E-state index contributed by atoms with van der Waals surface area (Å²) >= 11 is 1.46. The first-order valence-electron chi connectivity index (χ1n) is 17.0. The number of ether oxygens (including phenoxy) is 1. The second kappa shape index (κ2) is 13.4. The van der Waals surface area contributed by atoms with Crippen molar-refractivity contribution in [1.29, 1.82) is 0 Å². The molecule has 1 aliphatic carbocycles. The number of carbonyl (C=O) groups is 1. The van der Waals surface area contributed by atoms with Crippen LogP contribution in [0.4, 0.5) is 0 Å². The van der Waals surface area contributed by atoms with Crippen LogP contribution in [-0.2, 0) is 14.9 Å². The number of thioether (sulfide) groups is 1. The maximum absolute atomic E-state index is 13.7. The minimum atomic E-state index is 0.0676. The van der Waals surface area contributed by atoms with Gasteiger partial charge in [-0.1, -0.05) is 62.4 Å². The van der Waals surface area contributed by atoms with E-state index < -0.39 is 0 Å². The fourth-order valence-electron chi connectivity index (χ4n) is 8.82. The van der Waals surface area contributed by atoms with E-state index in [0.29, 0.717) is 34.9 Å². The summed E-state index contributed by atoms with van der Waals surface area (Å²) < 4.78 is 8.28. The number of hydrogen-bond acceptors (Lipinski definition) is 5. The van der Waals surface area contributed by atoms with E-state index in [1.807, 2.05) is 18.1 Å². The molecule has 45 heavy (non-hydrogen) atoms. The van der Waals surface area contributed by atoms with Gasteiger partial charge in [0.1, 0.15) is 16.5 Å². The Labute approximate surface area is 273 Å². The number of fused-ring (bicyclic) bond motifs is 2. The number of piperidine rings is 1. The number of carbonyl (C=O) groups excluding carboxylic acids is 1. The average molecular weight is 627 g/mol. The number of likely N-dealkylation sites (tertiary alicyclic amines) is 2. The van der Waals surface area contributed by atoms with E-state index in [1.165, 1.54) is 54.9 Å². The molecular formula is C38H50N4O2S. The molecule has 3 aliphatic rings. The van der Waals surface area contributed by atoms with Crippen LogP contribution in [0.2, 0.25) is 0 Å². The molecule has 3 heterocycles. The van der Waals surface area contributed by atoms with Crippen LogP contribution in [0.15, 0.2) is 77.9 Å². The molecule has 4 atom stereocenters. The molecule has 1 saturated carbocycles. The molecule has 2 aromatic carbocycles. The van der Waals surface area contributed by atoms with Crippen molar-refractivity contribution in [3.05, 3.63) is 89.3 Å². The van der Waals surface area contributed by atoms with E-state index in [2.05, 4.69) is 84.5 Å². The van der Waals surface area contributed by atoms with Gasteiger partial charge in [0.15, 0.2) is 0 Å². The van der Waals surface area contributed by atoms with Gasteiger partial charge in [-0.05, 0) is 101 Å². The van der Waals surface area contributed by atoms with E-state index in [0.717, 1.165) is 50.2 Å². The van der Waals surface area contributed by atoms with E-state index in [-0.39, 0.29) is 11.3 Å². The van der Waals surface area contributed by atoms with Crippen LogP contribution in [0.25, 0.3) is 11.0 Å². The number of aryl methyl sites for hydroxylation is 1. The molecular weight excluding hydrogens is 577 g/mol. The zero-order chi connectivity index (χ0) is 31.6. The van der Waals surface area contributed by atoms with E-state index in [9.17, 15) is 4.79 Å². The average Bonchev–Trinajstić information content (AvgIpc) is 3.56. The highest BCUT2D eigenvalue weighted by atomic mass is 32.2. The van der Waals surface area contributed by atoms with Crippen molar-refractivity contribution in [3.63, 3.8) is 0 Å². The van der Waals surface area contributed by atoms with Crippen LogP contribution < -0.4 is 0 Å². The van der Waals surface area contributed by atoms with Gasteiger partial charge in [0, 0.05) is 30.7 Å². The molecule has 3 aromatic rings. The van der Waals surface area contributed by atoms with Crippen LogP contribution in [0, 0.1) is 6.92 Å². The molecule has 1 aromatic heterocycles. The summed E-state index contributed by atoms with van der Waals surface area (Å²) in [4.78, 5) is 24.1. The SMILES string of the molecule is C=C/C(OCC)=C(\SC)C(=O)N1CCC(CCN2[C@H]3C[C@H](n4c(C)nc5ccccc54)CCC32CCC)(c2ccccc2)CC1. The van der Waals surface area contributed by atoms with Crippen LogP contribution >= 0.6 is 11.8 Å². The largest absolute Gasteiger partial charge is 0.493 e. The van der Waals surface area contributed by atoms with Gasteiger partial charge in [-0.2, -0.15) is 0 Å². The summed E-state index contributed by atoms with van der Waals surface area (Å²) in [6.07, 6.45) is 12.9. The molecule has 0 bridgehead atoms. The van der Waals surface area contributed by atoms with Gasteiger partial charge in [-0.15, -0.1) is 11.8 Å². The molecule has 1 amide bonds. The van der Waals surface area contributed by atoms with Crippen molar-refractivity contribution in [2.24, 2.45) is 0 Å². The Morgan fingerprint density at radius 2 is 1.80 bits per heavy atom. The Bertz CT molecular complexity index is 1540. The van der Waals surface area contributed by atoms with Crippen molar-refractivity contribution in [1.82, 2.24) is 19.4 Å². The molecule has 240 valence electrons. The second-order valence-electron chi connectivity index (χ2n) is 13.2. The molecule has 7 heteroatoms. The van der Waals surface area contributed by atoms with Gasteiger partial charge in [0.05, 0.1) is 17.6 Å². The third-order valence-corrected chi connectivity index (χ3v) is 11.8. The molecule has 0 radical (unpaired) electrons. The van der Waals surface area contributed by atoms with Gasteiger partial charge in [0.25, 0.3) is 5.91 Å². The fraction of sp³-hybridized carbons (Fsp3) is 0.526. The summed E-state index contributed by atoms with van der Waals surface area (Å²) in [5.41, 5.74) is 4.23. The van der Waals surface area contributed by atoms with Crippen molar-refractivity contribution in [2.75, 3.05) is 32.5 Å². The lowest BCUT2D eigenvalue weighted by atomic mass is 9.70. The first-order valence-corrected chi connectivity index (χ1v) is 18.2. The summed E-state index contributed by atoms with van der Waals surface area (Å²) in [5, 5.41) is 0. The predicted molar refractivity (Wildman–Crippen MR) is 186 cm³/mol. The standard InChI is InChI=1S/C38H50N4O2S/c1-6-19-38-20-18-30(42-28(4)39-31-16-12-13-17-32(31)42)27-34(38)41(38)26-23-37(29-14-10-9-11-15-29)21-24-40(25-22-37)36(43)35(45-5)33(7-2)44-8-3/h7,9-17,30,34H,2,6,8,18-27H2,1,3-5H3/b35-33+/t30-,34+,38?,41?/m1/s1. The van der Waals surface area contributed by atoms with Crippen LogP contribution in [0.1, 0.15) is 82.6 Å². The van der Waals surface area contributed by atoms with Crippen LogP contribution in [0.3, 0.4) is 0 Å². The lowest BCUT2D eigenvalue weighted by Gasteiger charge is -2.43. The highest BCUT2D eigenvalue weighted by Crippen LogP contribution is 2.57. The number of benzene rings is 2. The summed E-state index contributed by atoms with van der Waals surface area (Å²) in [7, 11) is 0. The predicted octanol–water partition coefficient (Wildman–Crippen LogP) is 8.04. The van der Waals surface area contributed by atoms with Gasteiger partial charge in [0.2, 0.25) is 0 Å². The molecule has 2 saturated heterocycles. The van der Waals surface area contributed by atoms with Gasteiger partial charge in [-0.25, -0.2) is 4.98 Å². The minimum Gasteiger partial charge on any atom is -0.493 e. The lowest BCUT2D eigenvalue weighted by Crippen LogP contribution is -2.46. The second-order valence-corrected chi connectivity index (χ2v) is 14.0. The number of rotatable bonds is 12. The molecule has 2 unspecified atom stereocenters. The molecule has 6 nitrogen and oxygen atoms in total. The van der Waals surface area contributed by atoms with Gasteiger partial charge < -0.3 is 14.2 Å². The smallest absolute Gasteiger partial charge is 0.264 e. The topological polar surface area (TPSA) is 50.4 Å². The number of hydrogen-bond donors (Lipinski definition) is 0. The molecule has 0 spiro atoms. The van der Waals surface area contributed by atoms with E-state index in [1.54, 1.807) is 6.08 Å². The van der Waals surface area contributed by atoms with Crippen molar-refractivity contribution >= 4 is 28.7 Å². The summed E-state index contributed by atoms with van der Waals surface area (Å²) in [6, 6.07) is 20.9. The number of allylic oxidation sites excluding steroid dienone is 1. The Kier molecular flexibility index (Phi) is 9.49. The minimum absolute atomic E-state index is 0.0676. The van der Waals surface area contributed by atoms with Crippen molar-refractivity contribution in [2.45, 2.75) is 95.2 Å². The maximum Gasteiger partial charge on any atom is 0.264 e. The molecule has 6 rings (SSSR count). The Morgan fingerprint density at radius 3 is 2.49 bits per heavy atom. The van der Waals surface area contributed by atoms with E-state index in [4.69, 9.17) is 9.72 Å². The molecule has 0 N–H and O–H groups in total. The van der Waals surface area contributed by atoms with E-state index >= 15 is 0 Å². The zero-order valence-corrected chi connectivity index (χ0v) is 28.5. The normalized spacial score (nSPS) is 26.2. The zero-order valence-electron chi connectivity index (χ0n) is 27.6.